The zero-order valence-electron chi connectivity index (χ0n) is 17.6. The van der Waals surface area contributed by atoms with Crippen LogP contribution in [0.4, 0.5) is 5.82 Å². The Balaban J connectivity index is 1.67. The number of hydrogen-bond acceptors (Lipinski definition) is 6. The van der Waals surface area contributed by atoms with Gasteiger partial charge in [0.05, 0.1) is 10.6 Å². The maximum absolute atomic E-state index is 11.8. The molecule has 4 N–H and O–H groups in total. The number of rotatable bonds is 4. The van der Waals surface area contributed by atoms with Gasteiger partial charge in [0.1, 0.15) is 12.2 Å². The van der Waals surface area contributed by atoms with Crippen LogP contribution in [0.3, 0.4) is 0 Å². The number of carbonyl (C=O) groups is 1. The molecule has 0 aliphatic carbocycles. The first-order chi connectivity index (χ1) is 15.9. The molecule has 1 aliphatic heterocycles. The average molecular weight is 482 g/mol. The Morgan fingerprint density at radius 1 is 1.00 bits per heavy atom. The molecule has 0 spiro atoms. The number of nitrogens with zero attached hydrogens (tertiary/aromatic N) is 5. The summed E-state index contributed by atoms with van der Waals surface area (Å²) < 4.78 is 1.94. The molecule has 168 valence electrons. The Morgan fingerprint density at radius 3 is 2.36 bits per heavy atom. The number of fused-ring (bicyclic) bond motifs is 1. The quantitative estimate of drug-likeness (QED) is 0.460. The zero-order valence-corrected chi connectivity index (χ0v) is 19.1. The third kappa shape index (κ3) is 3.80. The summed E-state index contributed by atoms with van der Waals surface area (Å²) in [6.07, 6.45) is 2.38. The van der Waals surface area contributed by atoms with E-state index in [1.165, 1.54) is 6.33 Å². The Labute approximate surface area is 200 Å². The molecular weight excluding hydrogens is 461 g/mol. The Hall–Kier alpha value is -3.20. The second-order valence-corrected chi connectivity index (χ2v) is 8.95. The van der Waals surface area contributed by atoms with E-state index in [2.05, 4.69) is 14.9 Å². The van der Waals surface area contributed by atoms with E-state index >= 15 is 0 Å². The highest BCUT2D eigenvalue weighted by molar-refractivity contribution is 6.33. The largest absolute Gasteiger partial charge is 0.368 e. The minimum absolute atomic E-state index is 0.434. The van der Waals surface area contributed by atoms with Gasteiger partial charge >= 0.3 is 0 Å². The lowest BCUT2D eigenvalue weighted by atomic mass is 9.88. The van der Waals surface area contributed by atoms with Gasteiger partial charge < -0.3 is 16.4 Å². The van der Waals surface area contributed by atoms with Gasteiger partial charge in [0.2, 0.25) is 5.91 Å². The second-order valence-electron chi connectivity index (χ2n) is 8.10. The number of hydrogen-bond donors (Lipinski definition) is 2. The number of anilines is 1. The van der Waals surface area contributed by atoms with Gasteiger partial charge in [0, 0.05) is 29.4 Å². The van der Waals surface area contributed by atoms with Crippen LogP contribution >= 0.6 is 23.2 Å². The fourth-order valence-corrected chi connectivity index (χ4v) is 4.48. The molecule has 0 unspecified atom stereocenters. The smallest absolute Gasteiger partial charge is 0.237 e. The normalized spacial score (nSPS) is 15.7. The highest BCUT2D eigenvalue weighted by atomic mass is 35.5. The number of piperidine rings is 1. The lowest BCUT2D eigenvalue weighted by Gasteiger charge is -2.37. The molecule has 0 atom stereocenters. The van der Waals surface area contributed by atoms with Crippen LogP contribution in [0, 0.1) is 0 Å². The fraction of sp³-hybridized carbons (Fsp3) is 0.217. The molecule has 2 aromatic carbocycles. The molecule has 3 heterocycles. The summed E-state index contributed by atoms with van der Waals surface area (Å²) in [5, 5.41) is 1.20. The van der Waals surface area contributed by atoms with Crippen molar-refractivity contribution in [3.05, 3.63) is 64.9 Å². The van der Waals surface area contributed by atoms with Crippen molar-refractivity contribution in [1.82, 2.24) is 19.5 Å². The van der Waals surface area contributed by atoms with Gasteiger partial charge in [-0.3, -0.25) is 9.36 Å². The Bertz CT molecular complexity index is 1340. The standard InChI is InChI=1S/C23H21Cl2N7O/c24-14-5-7-15(8-6-14)32-19(16-3-1-2-4-17(16)25)30-18-20(28-13-29-21(18)32)31-11-9-23(27,10-12-31)22(26)33/h1-8,13H,9-12,27H2,(H2,26,33). The Morgan fingerprint density at radius 2 is 1.70 bits per heavy atom. The van der Waals surface area contributed by atoms with Gasteiger partial charge in [0.15, 0.2) is 17.0 Å². The van der Waals surface area contributed by atoms with Gasteiger partial charge in [-0.1, -0.05) is 35.3 Å². The first-order valence-electron chi connectivity index (χ1n) is 10.5. The van der Waals surface area contributed by atoms with E-state index in [0.29, 0.717) is 58.8 Å². The highest BCUT2D eigenvalue weighted by Crippen LogP contribution is 2.35. The number of aromatic nitrogens is 4. The summed E-state index contributed by atoms with van der Waals surface area (Å²) in [6.45, 7) is 1.06. The number of carbonyl (C=O) groups excluding carboxylic acids is 1. The van der Waals surface area contributed by atoms with Crippen LogP contribution in [0.5, 0.6) is 0 Å². The third-order valence-corrected chi connectivity index (χ3v) is 6.65. The molecule has 2 aromatic heterocycles. The van der Waals surface area contributed by atoms with Crippen molar-refractivity contribution < 1.29 is 4.79 Å². The van der Waals surface area contributed by atoms with Gasteiger partial charge in [-0.05, 0) is 49.2 Å². The number of amides is 1. The van der Waals surface area contributed by atoms with Crippen LogP contribution in [0.15, 0.2) is 54.9 Å². The van der Waals surface area contributed by atoms with Gasteiger partial charge in [-0.2, -0.15) is 0 Å². The number of halogens is 2. The number of benzene rings is 2. The summed E-state index contributed by atoms with van der Waals surface area (Å²) >= 11 is 12.7. The van der Waals surface area contributed by atoms with E-state index in [4.69, 9.17) is 39.7 Å². The highest BCUT2D eigenvalue weighted by Gasteiger charge is 2.37. The van der Waals surface area contributed by atoms with E-state index in [1.807, 2.05) is 53.1 Å². The lowest BCUT2D eigenvalue weighted by molar-refractivity contribution is -0.123. The van der Waals surface area contributed by atoms with Crippen molar-refractivity contribution in [3.8, 4) is 17.1 Å². The predicted molar refractivity (Wildman–Crippen MR) is 130 cm³/mol. The number of nitrogens with two attached hydrogens (primary N) is 2. The first-order valence-corrected chi connectivity index (χ1v) is 11.2. The van der Waals surface area contributed by atoms with Crippen LogP contribution in [0.1, 0.15) is 12.8 Å². The summed E-state index contributed by atoms with van der Waals surface area (Å²) in [6, 6.07) is 15.0. The van der Waals surface area contributed by atoms with Crippen molar-refractivity contribution in [2.24, 2.45) is 11.5 Å². The molecule has 0 bridgehead atoms. The zero-order chi connectivity index (χ0) is 23.2. The Kier molecular flexibility index (Phi) is 5.44. The second kappa shape index (κ2) is 8.30. The summed E-state index contributed by atoms with van der Waals surface area (Å²) in [4.78, 5) is 27.9. The topological polar surface area (TPSA) is 116 Å². The molecule has 1 saturated heterocycles. The third-order valence-electron chi connectivity index (χ3n) is 6.07. The predicted octanol–water partition coefficient (Wildman–Crippen LogP) is 3.57. The molecule has 1 amide bonds. The van der Waals surface area contributed by atoms with Crippen molar-refractivity contribution in [1.29, 1.82) is 0 Å². The fourth-order valence-electron chi connectivity index (χ4n) is 4.13. The van der Waals surface area contributed by atoms with E-state index in [0.717, 1.165) is 11.3 Å². The lowest BCUT2D eigenvalue weighted by Crippen LogP contribution is -2.58. The first kappa shape index (κ1) is 21.6. The van der Waals surface area contributed by atoms with Gasteiger partial charge in [0.25, 0.3) is 0 Å². The van der Waals surface area contributed by atoms with Crippen LogP contribution in [0.25, 0.3) is 28.2 Å². The molecule has 4 aromatic rings. The molecular formula is C23H21Cl2N7O. The van der Waals surface area contributed by atoms with Crippen molar-refractivity contribution in [2.75, 3.05) is 18.0 Å². The minimum atomic E-state index is -1.01. The number of primary amides is 1. The minimum Gasteiger partial charge on any atom is -0.368 e. The van der Waals surface area contributed by atoms with Gasteiger partial charge in [-0.15, -0.1) is 0 Å². The molecule has 10 heteroatoms. The molecule has 1 fully saturated rings. The van der Waals surface area contributed by atoms with Crippen molar-refractivity contribution in [3.63, 3.8) is 0 Å². The maximum Gasteiger partial charge on any atom is 0.237 e. The molecule has 0 saturated carbocycles. The van der Waals surface area contributed by atoms with Crippen LogP contribution in [-0.2, 0) is 4.79 Å². The van der Waals surface area contributed by atoms with Crippen LogP contribution in [-0.4, -0.2) is 44.1 Å². The van der Waals surface area contributed by atoms with E-state index < -0.39 is 11.4 Å². The van der Waals surface area contributed by atoms with Crippen LogP contribution in [0.2, 0.25) is 10.0 Å². The SMILES string of the molecule is NC(=O)C1(N)CCN(c2ncnc3c2nc(-c2ccccc2Cl)n3-c2ccc(Cl)cc2)CC1. The molecule has 1 aliphatic rings. The average Bonchev–Trinajstić information content (AvgIpc) is 3.20. The van der Waals surface area contributed by atoms with E-state index in [9.17, 15) is 4.79 Å². The number of imidazole rings is 1. The van der Waals surface area contributed by atoms with E-state index in [-0.39, 0.29) is 0 Å². The molecule has 0 radical (unpaired) electrons. The molecule has 33 heavy (non-hydrogen) atoms. The van der Waals surface area contributed by atoms with Crippen molar-refractivity contribution in [2.45, 2.75) is 18.4 Å². The summed E-state index contributed by atoms with van der Waals surface area (Å²) in [7, 11) is 0. The van der Waals surface area contributed by atoms with Crippen LogP contribution < -0.4 is 16.4 Å². The molecule has 5 rings (SSSR count). The summed E-state index contributed by atoms with van der Waals surface area (Å²) in [5.41, 5.74) is 13.6. The monoisotopic (exact) mass is 481 g/mol. The maximum atomic E-state index is 11.8. The summed E-state index contributed by atoms with van der Waals surface area (Å²) in [5.74, 6) is 0.831. The van der Waals surface area contributed by atoms with Gasteiger partial charge in [-0.25, -0.2) is 15.0 Å². The molecule has 8 nitrogen and oxygen atoms in total. The van der Waals surface area contributed by atoms with E-state index in [1.54, 1.807) is 0 Å². The van der Waals surface area contributed by atoms with Crippen molar-refractivity contribution >= 4 is 46.1 Å².